The third-order valence-electron chi connectivity index (χ3n) is 5.48. The van der Waals surface area contributed by atoms with E-state index in [0.29, 0.717) is 18.1 Å². The molecule has 1 aliphatic rings. The molecule has 0 radical (unpaired) electrons. The summed E-state index contributed by atoms with van der Waals surface area (Å²) < 4.78 is 16.0. The van der Waals surface area contributed by atoms with Crippen LogP contribution in [0.4, 0.5) is 4.79 Å². The van der Waals surface area contributed by atoms with E-state index >= 15 is 0 Å². The summed E-state index contributed by atoms with van der Waals surface area (Å²) in [6.07, 6.45) is 4.00. The fourth-order valence-electron chi connectivity index (χ4n) is 3.51. The third-order valence-corrected chi connectivity index (χ3v) is 5.48. The number of benzene rings is 1. The summed E-state index contributed by atoms with van der Waals surface area (Å²) in [5.41, 5.74) is 1.91. The fourth-order valence-corrected chi connectivity index (χ4v) is 3.51. The summed E-state index contributed by atoms with van der Waals surface area (Å²) >= 11 is 0. The normalized spacial score (nSPS) is 15.0. The Labute approximate surface area is 186 Å². The van der Waals surface area contributed by atoms with Crippen molar-refractivity contribution in [1.29, 1.82) is 0 Å². The van der Waals surface area contributed by atoms with Gasteiger partial charge in [0, 0.05) is 6.04 Å². The van der Waals surface area contributed by atoms with Crippen molar-refractivity contribution in [2.45, 2.75) is 71.6 Å². The first-order valence-corrected chi connectivity index (χ1v) is 10.8. The molecule has 3 amide bonds. The molecule has 0 bridgehead atoms. The van der Waals surface area contributed by atoms with Crippen LogP contribution in [0.3, 0.4) is 0 Å². The van der Waals surface area contributed by atoms with Crippen LogP contribution in [0.25, 0.3) is 0 Å². The number of carbonyl (C=O) groups excluding carboxylic acids is 3. The minimum Gasteiger partial charge on any atom is -0.489 e. The highest BCUT2D eigenvalue weighted by Gasteiger charge is 2.22. The molecule has 9 heteroatoms. The van der Waals surface area contributed by atoms with Gasteiger partial charge in [-0.3, -0.25) is 10.1 Å². The van der Waals surface area contributed by atoms with E-state index in [2.05, 4.69) is 15.8 Å². The van der Waals surface area contributed by atoms with Crippen molar-refractivity contribution in [2.24, 2.45) is 0 Å². The SMILES string of the molecule is Cc1noc(C)c1COc1ccc(C(=O)O[C@H](C)C(=O)NC(=O)NC2CCCCC2)cc1. The Morgan fingerprint density at radius 2 is 1.81 bits per heavy atom. The molecular weight excluding hydrogens is 414 g/mol. The van der Waals surface area contributed by atoms with Gasteiger partial charge in [0.2, 0.25) is 0 Å². The van der Waals surface area contributed by atoms with E-state index in [-0.39, 0.29) is 11.6 Å². The molecule has 1 heterocycles. The van der Waals surface area contributed by atoms with Gasteiger partial charge < -0.3 is 19.3 Å². The molecule has 0 saturated heterocycles. The first-order chi connectivity index (χ1) is 15.3. The maximum atomic E-state index is 12.3. The van der Waals surface area contributed by atoms with Crippen LogP contribution in [0.1, 0.15) is 66.4 Å². The Balaban J connectivity index is 1.45. The van der Waals surface area contributed by atoms with Crippen LogP contribution in [0.15, 0.2) is 28.8 Å². The molecular formula is C23H29N3O6. The predicted octanol–water partition coefficient (Wildman–Crippen LogP) is 3.57. The zero-order valence-electron chi connectivity index (χ0n) is 18.6. The number of esters is 1. The molecule has 32 heavy (non-hydrogen) atoms. The van der Waals surface area contributed by atoms with Gasteiger partial charge in [0.25, 0.3) is 5.91 Å². The van der Waals surface area contributed by atoms with Crippen molar-refractivity contribution < 1.29 is 28.4 Å². The Hall–Kier alpha value is -3.36. The second-order valence-corrected chi connectivity index (χ2v) is 7.96. The minimum absolute atomic E-state index is 0.0766. The molecule has 3 rings (SSSR count). The molecule has 1 aromatic carbocycles. The van der Waals surface area contributed by atoms with Gasteiger partial charge in [0.05, 0.1) is 16.8 Å². The Kier molecular flexibility index (Phi) is 7.86. The Morgan fingerprint density at radius 1 is 1.12 bits per heavy atom. The van der Waals surface area contributed by atoms with Crippen LogP contribution in [-0.4, -0.2) is 35.2 Å². The summed E-state index contributed by atoms with van der Waals surface area (Å²) in [7, 11) is 0. The number of hydrogen-bond acceptors (Lipinski definition) is 7. The van der Waals surface area contributed by atoms with Crippen molar-refractivity contribution in [3.05, 3.63) is 46.8 Å². The lowest BCUT2D eigenvalue weighted by molar-refractivity contribution is -0.127. The number of ether oxygens (including phenoxy) is 2. The van der Waals surface area contributed by atoms with Crippen LogP contribution < -0.4 is 15.4 Å². The summed E-state index contributed by atoms with van der Waals surface area (Å²) in [4.78, 5) is 36.5. The molecule has 0 spiro atoms. The number of nitrogens with zero attached hydrogens (tertiary/aromatic N) is 1. The smallest absolute Gasteiger partial charge is 0.338 e. The highest BCUT2D eigenvalue weighted by atomic mass is 16.5. The maximum Gasteiger partial charge on any atom is 0.338 e. The molecule has 0 aliphatic heterocycles. The first kappa shape index (κ1) is 23.3. The molecule has 1 aliphatic carbocycles. The molecule has 9 nitrogen and oxygen atoms in total. The molecule has 2 aromatic rings. The summed E-state index contributed by atoms with van der Waals surface area (Å²) in [6, 6.07) is 5.88. The fraction of sp³-hybridized carbons (Fsp3) is 0.478. The first-order valence-electron chi connectivity index (χ1n) is 10.8. The number of aryl methyl sites for hydroxylation is 2. The molecule has 1 fully saturated rings. The number of imide groups is 1. The molecule has 2 N–H and O–H groups in total. The molecule has 1 aromatic heterocycles. The quantitative estimate of drug-likeness (QED) is 0.628. The van der Waals surface area contributed by atoms with Crippen molar-refractivity contribution in [1.82, 2.24) is 15.8 Å². The van der Waals surface area contributed by atoms with Crippen LogP contribution in [-0.2, 0) is 16.1 Å². The number of amides is 3. The summed E-state index contributed by atoms with van der Waals surface area (Å²) in [5, 5.41) is 8.90. The topological polar surface area (TPSA) is 120 Å². The van der Waals surface area contributed by atoms with Crippen LogP contribution >= 0.6 is 0 Å². The Bertz CT molecular complexity index is 928. The van der Waals surface area contributed by atoms with Crippen molar-refractivity contribution in [3.63, 3.8) is 0 Å². The number of urea groups is 1. The standard InChI is InChI=1S/C23H29N3O6/c1-14-20(15(2)32-26-14)13-30-19-11-9-17(10-12-19)22(28)31-16(3)21(27)25-23(29)24-18-7-5-4-6-8-18/h9-12,16,18H,4-8,13H2,1-3H3,(H2,24,25,27,29)/t16-/m1/s1. The number of rotatable bonds is 7. The van der Waals surface area contributed by atoms with E-state index in [1.807, 2.05) is 13.8 Å². The van der Waals surface area contributed by atoms with Gasteiger partial charge >= 0.3 is 12.0 Å². The highest BCUT2D eigenvalue weighted by Crippen LogP contribution is 2.19. The van der Waals surface area contributed by atoms with Crippen LogP contribution in [0.2, 0.25) is 0 Å². The molecule has 1 saturated carbocycles. The number of aromatic nitrogens is 1. The monoisotopic (exact) mass is 443 g/mol. The molecule has 1 atom stereocenters. The maximum absolute atomic E-state index is 12.3. The lowest BCUT2D eigenvalue weighted by atomic mass is 9.96. The lowest BCUT2D eigenvalue weighted by Crippen LogP contribution is -2.48. The predicted molar refractivity (Wildman–Crippen MR) is 115 cm³/mol. The van der Waals surface area contributed by atoms with E-state index in [1.165, 1.54) is 13.3 Å². The van der Waals surface area contributed by atoms with E-state index in [1.54, 1.807) is 24.3 Å². The molecule has 172 valence electrons. The summed E-state index contributed by atoms with van der Waals surface area (Å²) in [6.45, 7) is 5.37. The van der Waals surface area contributed by atoms with Gasteiger partial charge in [-0.15, -0.1) is 0 Å². The van der Waals surface area contributed by atoms with Crippen molar-refractivity contribution >= 4 is 17.9 Å². The van der Waals surface area contributed by atoms with E-state index in [9.17, 15) is 14.4 Å². The van der Waals surface area contributed by atoms with Gasteiger partial charge in [0.1, 0.15) is 18.1 Å². The number of nitrogens with one attached hydrogen (secondary N) is 2. The van der Waals surface area contributed by atoms with Gasteiger partial charge in [-0.1, -0.05) is 24.4 Å². The van der Waals surface area contributed by atoms with Gasteiger partial charge in [0.15, 0.2) is 6.10 Å². The second-order valence-electron chi connectivity index (χ2n) is 7.96. The van der Waals surface area contributed by atoms with Gasteiger partial charge in [-0.05, 0) is 57.9 Å². The van der Waals surface area contributed by atoms with E-state index in [0.717, 1.165) is 36.9 Å². The summed E-state index contributed by atoms with van der Waals surface area (Å²) in [5.74, 6) is -0.0854. The zero-order chi connectivity index (χ0) is 23.1. The number of carbonyl (C=O) groups is 3. The van der Waals surface area contributed by atoms with Crippen molar-refractivity contribution in [2.75, 3.05) is 0 Å². The zero-order valence-corrected chi connectivity index (χ0v) is 18.6. The second kappa shape index (κ2) is 10.8. The minimum atomic E-state index is -1.12. The van der Waals surface area contributed by atoms with E-state index in [4.69, 9.17) is 14.0 Å². The average Bonchev–Trinajstić information content (AvgIpc) is 3.10. The van der Waals surface area contributed by atoms with Crippen LogP contribution in [0.5, 0.6) is 5.75 Å². The van der Waals surface area contributed by atoms with Crippen molar-refractivity contribution in [3.8, 4) is 5.75 Å². The third kappa shape index (κ3) is 6.32. The Morgan fingerprint density at radius 3 is 2.44 bits per heavy atom. The lowest BCUT2D eigenvalue weighted by Gasteiger charge is -2.23. The average molecular weight is 444 g/mol. The number of hydrogen-bond donors (Lipinski definition) is 2. The largest absolute Gasteiger partial charge is 0.489 e. The molecule has 0 unspecified atom stereocenters. The highest BCUT2D eigenvalue weighted by molar-refractivity contribution is 5.98. The van der Waals surface area contributed by atoms with Gasteiger partial charge in [-0.2, -0.15) is 0 Å². The van der Waals surface area contributed by atoms with E-state index < -0.39 is 24.0 Å². The van der Waals surface area contributed by atoms with Gasteiger partial charge in [-0.25, -0.2) is 9.59 Å². The van der Waals surface area contributed by atoms with Crippen LogP contribution in [0, 0.1) is 13.8 Å².